The molecule has 1 aliphatic rings. The van der Waals surface area contributed by atoms with E-state index in [-0.39, 0.29) is 12.2 Å². The Morgan fingerprint density at radius 3 is 2.50 bits per heavy atom. The molecule has 0 N–H and O–H groups in total. The van der Waals surface area contributed by atoms with Crippen LogP contribution in [0.1, 0.15) is 40.7 Å². The molecule has 0 aromatic heterocycles. The van der Waals surface area contributed by atoms with Crippen LogP contribution in [0.2, 0.25) is 0 Å². The Labute approximate surface area is 163 Å². The van der Waals surface area contributed by atoms with E-state index in [1.54, 1.807) is 24.3 Å². The van der Waals surface area contributed by atoms with Gasteiger partial charge in [-0.25, -0.2) is 0 Å². The van der Waals surface area contributed by atoms with Gasteiger partial charge in [0, 0.05) is 13.0 Å². The fraction of sp³-hybridized carbons (Fsp3) is 0.409. The second kappa shape index (κ2) is 9.24. The third-order valence-corrected chi connectivity index (χ3v) is 4.92. The van der Waals surface area contributed by atoms with Crippen LogP contribution < -0.4 is 4.74 Å². The molecule has 1 saturated heterocycles. The number of Topliss-reactive ketones (excluding diaryl/α,β-unsaturated/α-hetero) is 1. The highest BCUT2D eigenvalue weighted by Crippen LogP contribution is 2.30. The van der Waals surface area contributed by atoms with E-state index in [9.17, 15) is 18.0 Å². The van der Waals surface area contributed by atoms with Crippen molar-refractivity contribution >= 4 is 5.78 Å². The molecule has 2 aromatic carbocycles. The van der Waals surface area contributed by atoms with Gasteiger partial charge in [0.2, 0.25) is 0 Å². The van der Waals surface area contributed by atoms with Gasteiger partial charge in [-0.3, -0.25) is 9.69 Å². The van der Waals surface area contributed by atoms with Gasteiger partial charge in [0.1, 0.15) is 12.4 Å². The smallest absolute Gasteiger partial charge is 0.416 e. The minimum atomic E-state index is -4.42. The van der Waals surface area contributed by atoms with Gasteiger partial charge in [-0.2, -0.15) is 13.2 Å². The van der Waals surface area contributed by atoms with Crippen molar-refractivity contribution in [1.29, 1.82) is 0 Å². The average Bonchev–Trinajstić information content (AvgIpc) is 2.69. The second-order valence-electron chi connectivity index (χ2n) is 7.05. The topological polar surface area (TPSA) is 29.5 Å². The van der Waals surface area contributed by atoms with Crippen LogP contribution in [0, 0.1) is 0 Å². The van der Waals surface area contributed by atoms with E-state index in [2.05, 4.69) is 4.90 Å². The van der Waals surface area contributed by atoms with Crippen LogP contribution in [0.5, 0.6) is 5.75 Å². The zero-order valence-corrected chi connectivity index (χ0v) is 15.7. The van der Waals surface area contributed by atoms with Crippen LogP contribution in [0.3, 0.4) is 0 Å². The molecule has 1 aliphatic heterocycles. The number of carbonyl (C=O) groups is 1. The molecule has 150 valence electrons. The maximum Gasteiger partial charge on any atom is 0.416 e. The molecular weight excluding hydrogens is 367 g/mol. The van der Waals surface area contributed by atoms with Gasteiger partial charge in [0.15, 0.2) is 5.78 Å². The molecule has 28 heavy (non-hydrogen) atoms. The Bertz CT molecular complexity index is 798. The minimum Gasteiger partial charge on any atom is -0.491 e. The van der Waals surface area contributed by atoms with Gasteiger partial charge in [-0.05, 0) is 49.7 Å². The summed E-state index contributed by atoms with van der Waals surface area (Å²) in [7, 11) is 0. The van der Waals surface area contributed by atoms with Crippen LogP contribution in [0.15, 0.2) is 48.5 Å². The number of rotatable bonds is 7. The van der Waals surface area contributed by atoms with E-state index in [0.29, 0.717) is 23.5 Å². The van der Waals surface area contributed by atoms with E-state index in [1.165, 1.54) is 31.4 Å². The minimum absolute atomic E-state index is 0.101. The number of hydrogen-bond donors (Lipinski definition) is 0. The number of likely N-dealkylation sites (tertiary alicyclic amines) is 1. The quantitative estimate of drug-likeness (QED) is 0.623. The van der Waals surface area contributed by atoms with Crippen LogP contribution in [-0.4, -0.2) is 36.9 Å². The SMILES string of the molecule is O=C(Cc1cccc(C(F)(F)F)c1)c1ccccc1OCCN1CCCCC1. The summed E-state index contributed by atoms with van der Waals surface area (Å²) in [6.07, 6.45) is -0.854. The number of carbonyl (C=O) groups excluding carboxylic acids is 1. The Hall–Kier alpha value is -2.34. The van der Waals surface area contributed by atoms with Crippen molar-refractivity contribution in [3.05, 3.63) is 65.2 Å². The van der Waals surface area contributed by atoms with Crippen molar-refractivity contribution < 1.29 is 22.7 Å². The molecule has 0 amide bonds. The summed E-state index contributed by atoms with van der Waals surface area (Å²) in [6.45, 7) is 3.42. The predicted molar refractivity (Wildman–Crippen MR) is 102 cm³/mol. The Kier molecular flexibility index (Phi) is 6.73. The number of benzene rings is 2. The van der Waals surface area contributed by atoms with Gasteiger partial charge in [-0.1, -0.05) is 36.8 Å². The first-order valence-corrected chi connectivity index (χ1v) is 9.57. The maximum atomic E-state index is 12.9. The zero-order valence-electron chi connectivity index (χ0n) is 15.7. The van der Waals surface area contributed by atoms with Crippen LogP contribution in [-0.2, 0) is 12.6 Å². The van der Waals surface area contributed by atoms with Gasteiger partial charge < -0.3 is 4.74 Å². The van der Waals surface area contributed by atoms with E-state index in [1.807, 2.05) is 0 Å². The first-order chi connectivity index (χ1) is 13.4. The Morgan fingerprint density at radius 1 is 1.00 bits per heavy atom. The van der Waals surface area contributed by atoms with Crippen molar-refractivity contribution in [2.24, 2.45) is 0 Å². The van der Waals surface area contributed by atoms with E-state index < -0.39 is 11.7 Å². The van der Waals surface area contributed by atoms with Gasteiger partial charge in [0.25, 0.3) is 0 Å². The molecule has 6 heteroatoms. The number of nitrogens with zero attached hydrogens (tertiary/aromatic N) is 1. The normalized spacial score (nSPS) is 15.4. The number of para-hydroxylation sites is 1. The van der Waals surface area contributed by atoms with Crippen molar-refractivity contribution in [1.82, 2.24) is 4.90 Å². The molecule has 3 rings (SSSR count). The molecule has 0 spiro atoms. The average molecular weight is 391 g/mol. The second-order valence-corrected chi connectivity index (χ2v) is 7.05. The molecule has 1 fully saturated rings. The summed E-state index contributed by atoms with van der Waals surface area (Å²) in [5.74, 6) is 0.226. The first kappa shape index (κ1) is 20.4. The maximum absolute atomic E-state index is 12.9. The molecule has 0 atom stereocenters. The van der Waals surface area contributed by atoms with E-state index >= 15 is 0 Å². The van der Waals surface area contributed by atoms with Gasteiger partial charge >= 0.3 is 6.18 Å². The van der Waals surface area contributed by atoms with Crippen LogP contribution in [0.25, 0.3) is 0 Å². The number of alkyl halides is 3. The summed E-state index contributed by atoms with van der Waals surface area (Å²) >= 11 is 0. The lowest BCUT2D eigenvalue weighted by Crippen LogP contribution is -2.33. The fourth-order valence-corrected chi connectivity index (χ4v) is 3.43. The summed E-state index contributed by atoms with van der Waals surface area (Å²) in [5, 5.41) is 0. The highest BCUT2D eigenvalue weighted by Gasteiger charge is 2.30. The molecule has 2 aromatic rings. The van der Waals surface area contributed by atoms with Crippen LogP contribution >= 0.6 is 0 Å². The first-order valence-electron chi connectivity index (χ1n) is 9.57. The van der Waals surface area contributed by atoms with E-state index in [0.717, 1.165) is 31.8 Å². The highest BCUT2D eigenvalue weighted by molar-refractivity contribution is 5.99. The monoisotopic (exact) mass is 391 g/mol. The lowest BCUT2D eigenvalue weighted by Gasteiger charge is -2.26. The third-order valence-electron chi connectivity index (χ3n) is 4.92. The van der Waals surface area contributed by atoms with Gasteiger partial charge in [-0.15, -0.1) is 0 Å². The lowest BCUT2D eigenvalue weighted by atomic mass is 10.0. The molecule has 0 unspecified atom stereocenters. The molecular formula is C22H24F3NO2. The number of hydrogen-bond acceptors (Lipinski definition) is 3. The number of ketones is 1. The largest absolute Gasteiger partial charge is 0.491 e. The summed E-state index contributed by atoms with van der Waals surface area (Å²) in [5.41, 5.74) is -0.00892. The molecule has 0 radical (unpaired) electrons. The molecule has 0 saturated carbocycles. The molecule has 3 nitrogen and oxygen atoms in total. The van der Waals surface area contributed by atoms with Crippen molar-refractivity contribution in [2.75, 3.05) is 26.2 Å². The van der Waals surface area contributed by atoms with Crippen molar-refractivity contribution in [3.63, 3.8) is 0 Å². The molecule has 0 bridgehead atoms. The van der Waals surface area contributed by atoms with Gasteiger partial charge in [0.05, 0.1) is 11.1 Å². The van der Waals surface area contributed by atoms with Crippen molar-refractivity contribution in [3.8, 4) is 5.75 Å². The van der Waals surface area contributed by atoms with Crippen LogP contribution in [0.4, 0.5) is 13.2 Å². The van der Waals surface area contributed by atoms with E-state index in [4.69, 9.17) is 4.74 Å². The third kappa shape index (κ3) is 5.58. The summed E-state index contributed by atoms with van der Waals surface area (Å²) in [6, 6.07) is 11.8. The standard InChI is InChI=1S/C22H24F3NO2/c23-22(24,25)18-8-6-7-17(15-18)16-20(27)19-9-2-3-10-21(19)28-14-13-26-11-4-1-5-12-26/h2-3,6-10,15H,1,4-5,11-14,16H2. The molecule has 1 heterocycles. The number of piperidine rings is 1. The highest BCUT2D eigenvalue weighted by atomic mass is 19.4. The van der Waals surface area contributed by atoms with Crippen molar-refractivity contribution in [2.45, 2.75) is 31.9 Å². The predicted octanol–water partition coefficient (Wildman–Crippen LogP) is 5.00. The molecule has 0 aliphatic carbocycles. The Balaban J connectivity index is 1.64. The fourth-order valence-electron chi connectivity index (χ4n) is 3.43. The summed E-state index contributed by atoms with van der Waals surface area (Å²) in [4.78, 5) is 15.0. The Morgan fingerprint density at radius 2 is 1.75 bits per heavy atom. The summed E-state index contributed by atoms with van der Waals surface area (Å²) < 4.78 is 44.5. The lowest BCUT2D eigenvalue weighted by molar-refractivity contribution is -0.137. The number of ether oxygens (including phenoxy) is 1. The number of halogens is 3. The zero-order chi connectivity index (χ0) is 20.0.